The van der Waals surface area contributed by atoms with Crippen molar-refractivity contribution in [3.8, 4) is 0 Å². The van der Waals surface area contributed by atoms with Crippen LogP contribution in [-0.2, 0) is 23.6 Å². The summed E-state index contributed by atoms with van der Waals surface area (Å²) in [4.78, 5) is 28.5. The SMILES string of the molecule is CC(C)=CCCC(C)CC(OP(=O)(O)OP(=O)(O)O)(c1ccccc1)c1ccccc1. The van der Waals surface area contributed by atoms with Crippen LogP contribution in [0.25, 0.3) is 0 Å². The molecular formula is C22H30O7P2. The van der Waals surface area contributed by atoms with E-state index in [0.29, 0.717) is 17.5 Å². The molecular weight excluding hydrogens is 438 g/mol. The fourth-order valence-electron chi connectivity index (χ4n) is 3.56. The van der Waals surface area contributed by atoms with Crippen molar-refractivity contribution in [2.75, 3.05) is 0 Å². The molecule has 0 aromatic heterocycles. The molecule has 0 aliphatic rings. The summed E-state index contributed by atoms with van der Waals surface area (Å²) in [6.07, 6.45) is 4.05. The molecule has 2 rings (SSSR count). The Morgan fingerprint density at radius 2 is 1.45 bits per heavy atom. The number of hydrogen-bond acceptors (Lipinski definition) is 4. The smallest absolute Gasteiger partial charge is 0.302 e. The molecule has 0 bridgehead atoms. The number of rotatable bonds is 11. The molecule has 0 fully saturated rings. The number of benzene rings is 2. The molecule has 0 saturated heterocycles. The predicted molar refractivity (Wildman–Crippen MR) is 120 cm³/mol. The van der Waals surface area contributed by atoms with Gasteiger partial charge in [0, 0.05) is 0 Å². The van der Waals surface area contributed by atoms with Crippen molar-refractivity contribution in [3.05, 3.63) is 83.4 Å². The van der Waals surface area contributed by atoms with E-state index < -0.39 is 21.2 Å². The number of allylic oxidation sites excluding steroid dienone is 2. The lowest BCUT2D eigenvalue weighted by Gasteiger charge is -2.37. The van der Waals surface area contributed by atoms with Crippen LogP contribution in [0, 0.1) is 5.92 Å². The Labute approximate surface area is 183 Å². The number of phosphoric ester groups is 1. The molecule has 0 aliphatic heterocycles. The van der Waals surface area contributed by atoms with Gasteiger partial charge in [-0.2, -0.15) is 4.31 Å². The molecule has 2 aromatic carbocycles. The Morgan fingerprint density at radius 1 is 0.968 bits per heavy atom. The highest BCUT2D eigenvalue weighted by Crippen LogP contribution is 2.62. The fourth-order valence-corrected chi connectivity index (χ4v) is 5.44. The van der Waals surface area contributed by atoms with Crippen LogP contribution in [-0.4, -0.2) is 14.7 Å². The summed E-state index contributed by atoms with van der Waals surface area (Å²) in [7, 11) is -10.4. The van der Waals surface area contributed by atoms with Crippen molar-refractivity contribution >= 4 is 15.6 Å². The summed E-state index contributed by atoms with van der Waals surface area (Å²) >= 11 is 0. The third-order valence-corrected chi connectivity index (χ3v) is 7.03. The first kappa shape index (κ1) is 25.7. The van der Waals surface area contributed by atoms with Crippen LogP contribution in [0.2, 0.25) is 0 Å². The zero-order chi connectivity index (χ0) is 23.1. The highest BCUT2D eigenvalue weighted by Gasteiger charge is 2.46. The van der Waals surface area contributed by atoms with Gasteiger partial charge in [-0.1, -0.05) is 79.2 Å². The second-order valence-electron chi connectivity index (χ2n) is 7.86. The topological polar surface area (TPSA) is 113 Å². The van der Waals surface area contributed by atoms with E-state index >= 15 is 0 Å². The molecule has 2 aromatic rings. The van der Waals surface area contributed by atoms with Gasteiger partial charge in [0.05, 0.1) is 0 Å². The van der Waals surface area contributed by atoms with Crippen molar-refractivity contribution in [1.82, 2.24) is 0 Å². The van der Waals surface area contributed by atoms with E-state index in [1.807, 2.05) is 32.9 Å². The van der Waals surface area contributed by atoms with E-state index in [1.54, 1.807) is 48.5 Å². The minimum atomic E-state index is -5.27. The third kappa shape index (κ3) is 8.13. The normalized spacial score (nSPS) is 15.2. The van der Waals surface area contributed by atoms with E-state index in [0.717, 1.165) is 12.8 Å². The van der Waals surface area contributed by atoms with Crippen molar-refractivity contribution in [1.29, 1.82) is 0 Å². The molecule has 0 amide bonds. The number of phosphoric acid groups is 2. The van der Waals surface area contributed by atoms with Crippen LogP contribution in [0.3, 0.4) is 0 Å². The molecule has 9 heteroatoms. The molecule has 3 N–H and O–H groups in total. The average Bonchev–Trinajstić information content (AvgIpc) is 2.66. The Morgan fingerprint density at radius 3 is 1.87 bits per heavy atom. The number of hydrogen-bond donors (Lipinski definition) is 3. The molecule has 2 unspecified atom stereocenters. The molecule has 0 aliphatic carbocycles. The van der Waals surface area contributed by atoms with Crippen molar-refractivity contribution in [2.24, 2.45) is 5.92 Å². The highest BCUT2D eigenvalue weighted by atomic mass is 31.3. The van der Waals surface area contributed by atoms with Gasteiger partial charge in [0.25, 0.3) is 0 Å². The quantitative estimate of drug-likeness (QED) is 0.277. The van der Waals surface area contributed by atoms with Gasteiger partial charge in [-0.15, -0.1) is 0 Å². The second kappa shape index (κ2) is 10.8. The van der Waals surface area contributed by atoms with Gasteiger partial charge in [0.2, 0.25) is 0 Å². The lowest BCUT2D eigenvalue weighted by Crippen LogP contribution is -2.33. The van der Waals surface area contributed by atoms with Crippen molar-refractivity contribution in [3.63, 3.8) is 0 Å². The summed E-state index contributed by atoms with van der Waals surface area (Å²) in [6.45, 7) is 6.05. The van der Waals surface area contributed by atoms with Crippen molar-refractivity contribution < 1.29 is 32.6 Å². The standard InChI is InChI=1S/C22H30O7P2/c1-18(2)11-10-12-19(3)17-22(20-13-6-4-7-14-20,21-15-8-5-9-16-21)28-31(26,27)29-30(23,24)25/h4-9,11,13-16,19H,10,12,17H2,1-3H3,(H,26,27)(H2,23,24,25). The summed E-state index contributed by atoms with van der Waals surface area (Å²) in [5.74, 6) is 0.0473. The molecule has 0 spiro atoms. The van der Waals surface area contributed by atoms with E-state index in [-0.39, 0.29) is 5.92 Å². The summed E-state index contributed by atoms with van der Waals surface area (Å²) < 4.78 is 33.8. The first-order valence-corrected chi connectivity index (χ1v) is 13.0. The van der Waals surface area contributed by atoms with E-state index in [2.05, 4.69) is 10.4 Å². The molecule has 31 heavy (non-hydrogen) atoms. The lowest BCUT2D eigenvalue weighted by molar-refractivity contribution is 0.0434. The molecule has 0 heterocycles. The van der Waals surface area contributed by atoms with Crippen LogP contribution in [0.4, 0.5) is 0 Å². The van der Waals surface area contributed by atoms with Gasteiger partial charge in [-0.05, 0) is 50.2 Å². The molecule has 2 atom stereocenters. The van der Waals surface area contributed by atoms with Gasteiger partial charge in [-0.25, -0.2) is 9.13 Å². The Bertz CT molecular complexity index is 911. The lowest BCUT2D eigenvalue weighted by atomic mass is 9.78. The first-order chi connectivity index (χ1) is 14.4. The Balaban J connectivity index is 2.55. The van der Waals surface area contributed by atoms with Crippen LogP contribution in [0.5, 0.6) is 0 Å². The molecule has 0 radical (unpaired) electrons. The summed E-state index contributed by atoms with van der Waals surface area (Å²) in [5, 5.41) is 0. The minimum Gasteiger partial charge on any atom is -0.302 e. The van der Waals surface area contributed by atoms with E-state index in [1.165, 1.54) is 5.57 Å². The summed E-state index contributed by atoms with van der Waals surface area (Å²) in [6, 6.07) is 17.7. The maximum atomic E-state index is 12.7. The van der Waals surface area contributed by atoms with Crippen molar-refractivity contribution in [2.45, 2.75) is 45.6 Å². The predicted octanol–water partition coefficient (Wildman–Crippen LogP) is 5.93. The average molecular weight is 468 g/mol. The minimum absolute atomic E-state index is 0.0473. The van der Waals surface area contributed by atoms with Gasteiger partial charge < -0.3 is 14.7 Å². The molecule has 7 nitrogen and oxygen atoms in total. The van der Waals surface area contributed by atoms with Crippen LogP contribution in [0.15, 0.2) is 72.3 Å². The van der Waals surface area contributed by atoms with Crippen LogP contribution in [0.1, 0.15) is 51.2 Å². The maximum absolute atomic E-state index is 12.7. The second-order valence-corrected chi connectivity index (χ2v) is 10.6. The first-order valence-electron chi connectivity index (χ1n) is 9.98. The monoisotopic (exact) mass is 468 g/mol. The van der Waals surface area contributed by atoms with Gasteiger partial charge in [0.15, 0.2) is 0 Å². The summed E-state index contributed by atoms with van der Waals surface area (Å²) in [5.41, 5.74) is 0.917. The largest absolute Gasteiger partial charge is 0.482 e. The fraction of sp³-hybridized carbons (Fsp3) is 0.364. The molecule has 170 valence electrons. The van der Waals surface area contributed by atoms with Crippen LogP contribution >= 0.6 is 15.6 Å². The van der Waals surface area contributed by atoms with Gasteiger partial charge >= 0.3 is 15.6 Å². The van der Waals surface area contributed by atoms with E-state index in [4.69, 9.17) is 14.3 Å². The van der Waals surface area contributed by atoms with Crippen LogP contribution < -0.4 is 0 Å². The Hall–Kier alpha value is -1.56. The molecule has 0 saturated carbocycles. The van der Waals surface area contributed by atoms with Gasteiger partial charge in [0.1, 0.15) is 5.60 Å². The van der Waals surface area contributed by atoms with Gasteiger partial charge in [-0.3, -0.25) is 4.52 Å². The van der Waals surface area contributed by atoms with E-state index in [9.17, 15) is 14.0 Å². The zero-order valence-corrected chi connectivity index (χ0v) is 19.7. The highest BCUT2D eigenvalue weighted by molar-refractivity contribution is 7.60. The third-order valence-electron chi connectivity index (χ3n) is 4.81. The Kier molecular flexibility index (Phi) is 8.99. The zero-order valence-electron chi connectivity index (χ0n) is 17.9. The maximum Gasteiger partial charge on any atom is 0.482 e.